The minimum Gasteiger partial charge on any atom is -0.384 e. The summed E-state index contributed by atoms with van der Waals surface area (Å²) in [5, 5.41) is 0. The van der Waals surface area contributed by atoms with Gasteiger partial charge in [0.2, 0.25) is 0 Å². The van der Waals surface area contributed by atoms with E-state index in [1.807, 2.05) is 0 Å². The van der Waals surface area contributed by atoms with Crippen molar-refractivity contribution < 1.29 is 9.47 Å². The fourth-order valence-corrected chi connectivity index (χ4v) is 4.28. The smallest absolute Gasteiger partial charge is 0.135 e. The summed E-state index contributed by atoms with van der Waals surface area (Å²) in [6.07, 6.45) is 2.51. The predicted octanol–water partition coefficient (Wildman–Crippen LogP) is 2.72. The number of hydrogen-bond donors (Lipinski definition) is 0. The Morgan fingerprint density at radius 2 is 1.76 bits per heavy atom. The van der Waals surface area contributed by atoms with Crippen LogP contribution in [-0.4, -0.2) is 63.1 Å². The molecule has 6 heteroatoms. The van der Waals surface area contributed by atoms with Crippen LogP contribution in [0.1, 0.15) is 28.2 Å². The SMILES string of the molecule is COCCc1nc2c(c(N3CCN(c4cccc(C)c4C)CC3)n1)CCOCC2. The van der Waals surface area contributed by atoms with Crippen LogP contribution in [0.2, 0.25) is 0 Å². The van der Waals surface area contributed by atoms with Crippen molar-refractivity contribution >= 4 is 11.5 Å². The number of nitrogens with zero attached hydrogens (tertiary/aromatic N) is 4. The molecule has 156 valence electrons. The molecule has 1 aromatic carbocycles. The van der Waals surface area contributed by atoms with Crippen LogP contribution in [0, 0.1) is 13.8 Å². The number of hydrogen-bond acceptors (Lipinski definition) is 6. The molecule has 6 nitrogen and oxygen atoms in total. The highest BCUT2D eigenvalue weighted by Gasteiger charge is 2.25. The number of anilines is 2. The first-order chi connectivity index (χ1) is 14.2. The lowest BCUT2D eigenvalue weighted by molar-refractivity contribution is 0.146. The Kier molecular flexibility index (Phi) is 6.31. The van der Waals surface area contributed by atoms with E-state index in [1.165, 1.54) is 22.4 Å². The van der Waals surface area contributed by atoms with Gasteiger partial charge in [-0.1, -0.05) is 12.1 Å². The molecule has 2 aromatic rings. The van der Waals surface area contributed by atoms with E-state index in [0.29, 0.717) is 6.61 Å². The van der Waals surface area contributed by atoms with Crippen molar-refractivity contribution in [2.75, 3.05) is 62.9 Å². The maximum absolute atomic E-state index is 5.72. The molecule has 1 fully saturated rings. The summed E-state index contributed by atoms with van der Waals surface area (Å²) in [6, 6.07) is 6.60. The van der Waals surface area contributed by atoms with Gasteiger partial charge in [0, 0.05) is 63.8 Å². The minimum absolute atomic E-state index is 0.648. The number of aryl methyl sites for hydroxylation is 1. The molecule has 0 atom stereocenters. The molecular formula is C23H32N4O2. The van der Waals surface area contributed by atoms with Gasteiger partial charge in [0.25, 0.3) is 0 Å². The van der Waals surface area contributed by atoms with Gasteiger partial charge in [-0.25, -0.2) is 9.97 Å². The fourth-order valence-electron chi connectivity index (χ4n) is 4.28. The summed E-state index contributed by atoms with van der Waals surface area (Å²) in [4.78, 5) is 14.8. The molecular weight excluding hydrogens is 364 g/mol. The lowest BCUT2D eigenvalue weighted by atomic mass is 10.1. The molecule has 2 aliphatic heterocycles. The van der Waals surface area contributed by atoms with E-state index in [4.69, 9.17) is 19.4 Å². The fraction of sp³-hybridized carbons (Fsp3) is 0.565. The third kappa shape index (κ3) is 4.38. The maximum Gasteiger partial charge on any atom is 0.135 e. The summed E-state index contributed by atoms with van der Waals surface area (Å²) < 4.78 is 11.0. The summed E-state index contributed by atoms with van der Waals surface area (Å²) in [5.74, 6) is 2.01. The average Bonchev–Trinajstić information content (AvgIpc) is 2.99. The standard InChI is InChI=1S/C23H32N4O2/c1-17-5-4-6-21(18(17)2)26-10-12-27(13-11-26)23-19-7-15-29-16-8-20(19)24-22(25-23)9-14-28-3/h4-6H,7-16H2,1-3H3. The van der Waals surface area contributed by atoms with Crippen LogP contribution in [0.15, 0.2) is 18.2 Å². The zero-order chi connectivity index (χ0) is 20.2. The highest BCUT2D eigenvalue weighted by molar-refractivity contribution is 5.58. The van der Waals surface area contributed by atoms with E-state index in [1.54, 1.807) is 7.11 Å². The van der Waals surface area contributed by atoms with Crippen LogP contribution in [-0.2, 0) is 28.7 Å². The first kappa shape index (κ1) is 20.1. The predicted molar refractivity (Wildman–Crippen MR) is 116 cm³/mol. The first-order valence-corrected chi connectivity index (χ1v) is 10.7. The van der Waals surface area contributed by atoms with Gasteiger partial charge in [-0.15, -0.1) is 0 Å². The van der Waals surface area contributed by atoms with Gasteiger partial charge < -0.3 is 19.3 Å². The van der Waals surface area contributed by atoms with E-state index in [2.05, 4.69) is 41.8 Å². The van der Waals surface area contributed by atoms with Gasteiger partial charge in [0.15, 0.2) is 0 Å². The van der Waals surface area contributed by atoms with Gasteiger partial charge in [-0.05, 0) is 31.0 Å². The normalized spacial score (nSPS) is 17.2. The lowest BCUT2D eigenvalue weighted by Gasteiger charge is -2.38. The largest absolute Gasteiger partial charge is 0.384 e. The van der Waals surface area contributed by atoms with Crippen molar-refractivity contribution in [2.24, 2.45) is 0 Å². The molecule has 4 rings (SSSR count). The molecule has 0 radical (unpaired) electrons. The van der Waals surface area contributed by atoms with E-state index >= 15 is 0 Å². The van der Waals surface area contributed by atoms with Crippen LogP contribution >= 0.6 is 0 Å². The molecule has 3 heterocycles. The number of ether oxygens (including phenoxy) is 2. The zero-order valence-electron chi connectivity index (χ0n) is 17.9. The van der Waals surface area contributed by atoms with E-state index in [0.717, 1.165) is 76.0 Å². The molecule has 0 N–H and O–H groups in total. The highest BCUT2D eigenvalue weighted by atomic mass is 16.5. The molecule has 1 saturated heterocycles. The number of fused-ring (bicyclic) bond motifs is 1. The van der Waals surface area contributed by atoms with Gasteiger partial charge in [0.05, 0.1) is 25.5 Å². The number of methoxy groups -OCH3 is 1. The van der Waals surface area contributed by atoms with Gasteiger partial charge in [0.1, 0.15) is 11.6 Å². The Morgan fingerprint density at radius 1 is 1.00 bits per heavy atom. The molecule has 0 spiro atoms. The van der Waals surface area contributed by atoms with Gasteiger partial charge in [-0.3, -0.25) is 0 Å². The number of aromatic nitrogens is 2. The molecule has 0 amide bonds. The quantitative estimate of drug-likeness (QED) is 0.775. The third-order valence-corrected chi connectivity index (χ3v) is 6.12. The van der Waals surface area contributed by atoms with Crippen molar-refractivity contribution in [3.05, 3.63) is 46.4 Å². The van der Waals surface area contributed by atoms with Crippen molar-refractivity contribution in [3.63, 3.8) is 0 Å². The molecule has 0 bridgehead atoms. The first-order valence-electron chi connectivity index (χ1n) is 10.7. The molecule has 0 unspecified atom stereocenters. The van der Waals surface area contributed by atoms with Crippen LogP contribution in [0.4, 0.5) is 11.5 Å². The number of piperazine rings is 1. The second kappa shape index (κ2) is 9.09. The lowest BCUT2D eigenvalue weighted by Crippen LogP contribution is -2.47. The number of benzene rings is 1. The second-order valence-corrected chi connectivity index (χ2v) is 7.94. The van der Waals surface area contributed by atoms with E-state index in [-0.39, 0.29) is 0 Å². The van der Waals surface area contributed by atoms with Crippen LogP contribution in [0.3, 0.4) is 0 Å². The molecule has 0 saturated carbocycles. The Bertz CT molecular complexity index is 847. The van der Waals surface area contributed by atoms with Crippen LogP contribution in [0.25, 0.3) is 0 Å². The molecule has 0 aliphatic carbocycles. The van der Waals surface area contributed by atoms with Crippen molar-refractivity contribution in [1.29, 1.82) is 0 Å². The van der Waals surface area contributed by atoms with Crippen LogP contribution < -0.4 is 9.80 Å². The van der Waals surface area contributed by atoms with E-state index < -0.39 is 0 Å². The highest BCUT2D eigenvalue weighted by Crippen LogP contribution is 2.28. The maximum atomic E-state index is 5.72. The molecule has 29 heavy (non-hydrogen) atoms. The van der Waals surface area contributed by atoms with Crippen molar-refractivity contribution in [1.82, 2.24) is 9.97 Å². The Balaban J connectivity index is 1.56. The van der Waals surface area contributed by atoms with Crippen molar-refractivity contribution in [3.8, 4) is 0 Å². The summed E-state index contributed by atoms with van der Waals surface area (Å²) in [5.41, 5.74) is 6.55. The Morgan fingerprint density at radius 3 is 2.55 bits per heavy atom. The minimum atomic E-state index is 0.648. The Labute approximate surface area is 173 Å². The zero-order valence-corrected chi connectivity index (χ0v) is 17.9. The average molecular weight is 397 g/mol. The van der Waals surface area contributed by atoms with Gasteiger partial charge in [-0.2, -0.15) is 0 Å². The topological polar surface area (TPSA) is 50.7 Å². The third-order valence-electron chi connectivity index (χ3n) is 6.12. The van der Waals surface area contributed by atoms with Crippen molar-refractivity contribution in [2.45, 2.75) is 33.1 Å². The van der Waals surface area contributed by atoms with Crippen LogP contribution in [0.5, 0.6) is 0 Å². The van der Waals surface area contributed by atoms with E-state index in [9.17, 15) is 0 Å². The Hall–Kier alpha value is -2.18. The molecule has 2 aliphatic rings. The molecule has 1 aromatic heterocycles. The summed E-state index contributed by atoms with van der Waals surface area (Å²) in [7, 11) is 1.73. The second-order valence-electron chi connectivity index (χ2n) is 7.94. The monoisotopic (exact) mass is 396 g/mol. The summed E-state index contributed by atoms with van der Waals surface area (Å²) in [6.45, 7) is 10.5. The van der Waals surface area contributed by atoms with Gasteiger partial charge >= 0.3 is 0 Å². The number of rotatable bonds is 5. The summed E-state index contributed by atoms with van der Waals surface area (Å²) >= 11 is 0.